The second-order valence-corrected chi connectivity index (χ2v) is 13.9. The normalized spacial score (nSPS) is 12.1. The maximum atomic E-state index is 12.9. The Bertz CT molecular complexity index is 807. The van der Waals surface area contributed by atoms with Crippen LogP contribution in [0.5, 0.6) is 0 Å². The highest BCUT2D eigenvalue weighted by atomic mass is 16.2. The van der Waals surface area contributed by atoms with Crippen LogP contribution in [-0.4, -0.2) is 36.9 Å². The second kappa shape index (κ2) is 37.5. The van der Waals surface area contributed by atoms with Crippen LogP contribution in [0.15, 0.2) is 24.3 Å². The molecule has 2 amide bonds. The lowest BCUT2D eigenvalue weighted by Crippen LogP contribution is -2.78. The fourth-order valence-corrected chi connectivity index (χ4v) is 5.96. The zero-order valence-corrected chi connectivity index (χ0v) is 31.8. The van der Waals surface area contributed by atoms with Crippen molar-refractivity contribution in [1.82, 2.24) is 10.6 Å². The fraction of sp³-hybridized carbons (Fsp3) is 0.829. The highest BCUT2D eigenvalue weighted by Gasteiger charge is 2.20. The Kier molecular flexibility index (Phi) is 35.7. The summed E-state index contributed by atoms with van der Waals surface area (Å²) in [6, 6.07) is -0.583. The highest BCUT2D eigenvalue weighted by molar-refractivity contribution is 5.87. The van der Waals surface area contributed by atoms with Crippen molar-refractivity contribution in [3.8, 4) is 0 Å². The molecule has 7 nitrogen and oxygen atoms in total. The number of nitrogens with two attached hydrogens (primary N) is 2. The van der Waals surface area contributed by atoms with Crippen molar-refractivity contribution in [3.63, 3.8) is 0 Å². The van der Waals surface area contributed by atoms with E-state index in [0.717, 1.165) is 38.5 Å². The number of hydrogen-bond acceptors (Lipinski definition) is 2. The molecule has 280 valence electrons. The maximum absolute atomic E-state index is 12.9. The van der Waals surface area contributed by atoms with E-state index in [4.69, 9.17) is 11.5 Å². The minimum Gasteiger partial charge on any atom is -0.354 e. The predicted octanol–water partition coefficient (Wildman–Crippen LogP) is 8.41. The van der Waals surface area contributed by atoms with Gasteiger partial charge in [-0.3, -0.25) is 26.0 Å². The van der Waals surface area contributed by atoms with E-state index >= 15 is 0 Å². The zero-order valence-electron chi connectivity index (χ0n) is 31.8. The molecule has 0 saturated heterocycles. The highest BCUT2D eigenvalue weighted by Crippen LogP contribution is 2.12. The molecule has 0 saturated carbocycles. The van der Waals surface area contributed by atoms with E-state index in [-0.39, 0.29) is 17.8 Å². The van der Waals surface area contributed by atoms with Crippen molar-refractivity contribution in [2.24, 2.45) is 11.5 Å². The Morgan fingerprint density at radius 3 is 1.40 bits per heavy atom. The van der Waals surface area contributed by atoms with E-state index in [9.17, 15) is 9.59 Å². The molecule has 0 aromatic heterocycles. The van der Waals surface area contributed by atoms with Crippen molar-refractivity contribution in [2.45, 2.75) is 206 Å². The summed E-state index contributed by atoms with van der Waals surface area (Å²) in [5.41, 5.74) is 11.0. The van der Waals surface area contributed by atoms with Gasteiger partial charge in [0.05, 0.1) is 6.54 Å². The summed E-state index contributed by atoms with van der Waals surface area (Å²) in [6.45, 7) is 5.60. The minimum absolute atomic E-state index is 0.0612. The van der Waals surface area contributed by atoms with Crippen LogP contribution in [0.1, 0.15) is 200 Å². The molecule has 0 aliphatic rings. The molecule has 48 heavy (non-hydrogen) atoms. The first-order valence-corrected chi connectivity index (χ1v) is 20.5. The van der Waals surface area contributed by atoms with Crippen LogP contribution in [0.2, 0.25) is 0 Å². The third-order valence-electron chi connectivity index (χ3n) is 9.07. The number of hydrogen-bond donors (Lipinski definition) is 5. The van der Waals surface area contributed by atoms with Gasteiger partial charge < -0.3 is 10.6 Å². The molecule has 0 aromatic rings. The molecule has 0 spiro atoms. The largest absolute Gasteiger partial charge is 0.354 e. The molecular weight excluding hydrogens is 594 g/mol. The van der Waals surface area contributed by atoms with E-state index in [2.05, 4.69) is 53.8 Å². The van der Waals surface area contributed by atoms with Gasteiger partial charge in [0.1, 0.15) is 6.04 Å². The standard InChI is InChI=1S/C41H79N5O2/c1-3-5-7-9-11-13-15-17-19-21-23-25-27-29-31-33-36-44-40(48)38(35-37-45-41(42)43)46-39(47)34-32-30-28-26-24-22-20-18-16-14-12-10-8-6-4-2/h18-21,38H,3-17,22-37H2,1-2H3,(H,44,48)(H,46,47)(H4,42,43,45)/p+1/b20-18-,21-19-. The van der Waals surface area contributed by atoms with Gasteiger partial charge >= 0.3 is 5.96 Å². The maximum Gasteiger partial charge on any atom is 0.338 e. The first-order chi connectivity index (χ1) is 23.5. The number of nitrogens with one attached hydrogen (secondary N) is 3. The number of rotatable bonds is 36. The molecular formula is C41H80N5O2+. The molecule has 0 aliphatic heterocycles. The van der Waals surface area contributed by atoms with E-state index in [1.54, 1.807) is 0 Å². The Morgan fingerprint density at radius 1 is 0.562 bits per heavy atom. The van der Waals surface area contributed by atoms with Gasteiger partial charge in [0.15, 0.2) is 0 Å². The lowest BCUT2D eigenvalue weighted by atomic mass is 10.1. The van der Waals surface area contributed by atoms with Crippen molar-refractivity contribution in [2.75, 3.05) is 13.1 Å². The second-order valence-electron chi connectivity index (χ2n) is 13.9. The van der Waals surface area contributed by atoms with Gasteiger partial charge in [0, 0.05) is 19.4 Å². The molecule has 7 heteroatoms. The van der Waals surface area contributed by atoms with Crippen molar-refractivity contribution >= 4 is 17.8 Å². The van der Waals surface area contributed by atoms with Gasteiger partial charge in [-0.1, -0.05) is 147 Å². The van der Waals surface area contributed by atoms with Crippen LogP contribution in [0.3, 0.4) is 0 Å². The minimum atomic E-state index is -0.583. The molecule has 1 atom stereocenters. The smallest absolute Gasteiger partial charge is 0.338 e. The number of amides is 2. The Morgan fingerprint density at radius 2 is 0.958 bits per heavy atom. The molecule has 0 aromatic carbocycles. The molecule has 0 fully saturated rings. The molecule has 0 aliphatic carbocycles. The topological polar surface area (TPSA) is 124 Å². The summed E-state index contributed by atoms with van der Waals surface area (Å²) in [4.78, 5) is 28.4. The number of carbonyl (C=O) groups excluding carboxylic acids is 2. The molecule has 0 heterocycles. The predicted molar refractivity (Wildman–Crippen MR) is 208 cm³/mol. The van der Waals surface area contributed by atoms with E-state index < -0.39 is 6.04 Å². The SMILES string of the molecule is CCCCCCCC/C=C\CCCCCCCC(=O)NC(CC[NH+]=C(N)N)C(=O)NCCCCCCC/C=C\CCCCCCCCC. The number of guanidine groups is 1. The third kappa shape index (κ3) is 35.0. The van der Waals surface area contributed by atoms with Crippen LogP contribution in [0, 0.1) is 0 Å². The Hall–Kier alpha value is -2.31. The van der Waals surface area contributed by atoms with Gasteiger partial charge in [-0.05, 0) is 64.2 Å². The summed E-state index contributed by atoms with van der Waals surface area (Å²) in [6.07, 6.45) is 44.0. The van der Waals surface area contributed by atoms with Crippen LogP contribution < -0.4 is 27.1 Å². The summed E-state index contributed by atoms with van der Waals surface area (Å²) >= 11 is 0. The van der Waals surface area contributed by atoms with Crippen LogP contribution in [0.4, 0.5) is 0 Å². The number of allylic oxidation sites excluding steroid dienone is 4. The summed E-state index contributed by atoms with van der Waals surface area (Å²) < 4.78 is 0. The molecule has 7 N–H and O–H groups in total. The molecule has 0 radical (unpaired) electrons. The lowest BCUT2D eigenvalue weighted by molar-refractivity contribution is -0.459. The zero-order chi connectivity index (χ0) is 35.2. The van der Waals surface area contributed by atoms with Gasteiger partial charge in [-0.25, -0.2) is 0 Å². The van der Waals surface area contributed by atoms with Gasteiger partial charge in [-0.15, -0.1) is 0 Å². The summed E-state index contributed by atoms with van der Waals surface area (Å²) in [5, 5.41) is 5.98. The van der Waals surface area contributed by atoms with Gasteiger partial charge in [0.25, 0.3) is 0 Å². The monoisotopic (exact) mass is 675 g/mol. The first kappa shape index (κ1) is 45.7. The third-order valence-corrected chi connectivity index (χ3v) is 9.07. The van der Waals surface area contributed by atoms with Crippen LogP contribution in [-0.2, 0) is 9.59 Å². The van der Waals surface area contributed by atoms with E-state index in [1.165, 1.54) is 135 Å². The molecule has 0 rings (SSSR count). The number of unbranched alkanes of at least 4 members (excludes halogenated alkanes) is 23. The quantitative estimate of drug-likeness (QED) is 0.0198. The summed E-state index contributed by atoms with van der Waals surface area (Å²) in [5.74, 6) is -0.0669. The number of carbonyl (C=O) groups is 2. The first-order valence-electron chi connectivity index (χ1n) is 20.5. The summed E-state index contributed by atoms with van der Waals surface area (Å²) in [7, 11) is 0. The van der Waals surface area contributed by atoms with Gasteiger partial charge in [-0.2, -0.15) is 0 Å². The molecule has 0 bridgehead atoms. The van der Waals surface area contributed by atoms with Crippen molar-refractivity contribution < 1.29 is 14.6 Å². The average molecular weight is 675 g/mol. The average Bonchev–Trinajstić information content (AvgIpc) is 3.07. The van der Waals surface area contributed by atoms with Crippen LogP contribution >= 0.6 is 0 Å². The Labute approximate surface area is 297 Å². The lowest BCUT2D eigenvalue weighted by Gasteiger charge is -2.17. The van der Waals surface area contributed by atoms with Gasteiger partial charge in [0.2, 0.25) is 11.8 Å². The van der Waals surface area contributed by atoms with Crippen molar-refractivity contribution in [1.29, 1.82) is 0 Å². The van der Waals surface area contributed by atoms with Crippen molar-refractivity contribution in [3.05, 3.63) is 24.3 Å². The molecule has 1 unspecified atom stereocenters. The van der Waals surface area contributed by atoms with E-state index in [0.29, 0.717) is 25.9 Å². The van der Waals surface area contributed by atoms with Crippen LogP contribution in [0.25, 0.3) is 0 Å². The fourth-order valence-electron chi connectivity index (χ4n) is 5.96. The van der Waals surface area contributed by atoms with E-state index in [1.807, 2.05) is 0 Å². The Balaban J connectivity index is 3.97.